The van der Waals surface area contributed by atoms with Crippen LogP contribution in [0, 0.1) is 6.92 Å². The molecular weight excluding hydrogens is 342 g/mol. The van der Waals surface area contributed by atoms with E-state index in [-0.39, 0.29) is 0 Å². The van der Waals surface area contributed by atoms with Crippen molar-refractivity contribution in [1.29, 1.82) is 0 Å². The number of pyridine rings is 1. The molecule has 2 aromatic rings. The lowest BCUT2D eigenvalue weighted by Gasteiger charge is -2.14. The zero-order valence-corrected chi connectivity index (χ0v) is 13.1. The largest absolute Gasteiger partial charge is 0.481 e. The number of carbonyl (C=O) groups is 1. The minimum absolute atomic E-state index is 0.322. The number of carboxylic acids is 1. The standard InChI is InChI=1S/C15H13BrClNO2/c1-9-12(16)6-7-14(18-9)11(15(19)20)8-10-4-2-3-5-13(10)17/h2-7,11H,8H2,1H3,(H,19,20). The van der Waals surface area contributed by atoms with E-state index in [1.165, 1.54) is 0 Å². The Labute approximate surface area is 130 Å². The number of hydrogen-bond acceptors (Lipinski definition) is 2. The number of nitrogens with zero attached hydrogens (tertiary/aromatic N) is 1. The molecule has 1 aromatic heterocycles. The van der Waals surface area contributed by atoms with Gasteiger partial charge in [-0.15, -0.1) is 0 Å². The molecule has 1 N–H and O–H groups in total. The number of halogens is 2. The normalized spacial score (nSPS) is 12.2. The van der Waals surface area contributed by atoms with Crippen LogP contribution >= 0.6 is 27.5 Å². The SMILES string of the molecule is Cc1nc(C(Cc2ccccc2Cl)C(=O)O)ccc1Br. The molecule has 0 fully saturated rings. The van der Waals surface area contributed by atoms with E-state index in [1.54, 1.807) is 12.1 Å². The van der Waals surface area contributed by atoms with Crippen LogP contribution in [0.2, 0.25) is 5.02 Å². The number of rotatable bonds is 4. The van der Waals surface area contributed by atoms with E-state index in [2.05, 4.69) is 20.9 Å². The predicted octanol–water partition coefficient (Wildman–Crippen LogP) is 4.22. The van der Waals surface area contributed by atoms with Crippen LogP contribution in [-0.4, -0.2) is 16.1 Å². The summed E-state index contributed by atoms with van der Waals surface area (Å²) in [5.41, 5.74) is 2.12. The molecule has 1 aromatic carbocycles. The first-order valence-corrected chi connectivity index (χ1v) is 7.25. The van der Waals surface area contributed by atoms with Gasteiger partial charge in [-0.2, -0.15) is 0 Å². The third kappa shape index (κ3) is 3.38. The van der Waals surface area contributed by atoms with Crippen molar-refractivity contribution >= 4 is 33.5 Å². The Balaban J connectivity index is 2.34. The quantitative estimate of drug-likeness (QED) is 0.894. The van der Waals surface area contributed by atoms with Gasteiger partial charge in [0.2, 0.25) is 0 Å². The average molecular weight is 355 g/mol. The number of aliphatic carboxylic acids is 1. The molecule has 104 valence electrons. The molecule has 5 heteroatoms. The Morgan fingerprint density at radius 2 is 2.05 bits per heavy atom. The number of hydrogen-bond donors (Lipinski definition) is 1. The second kappa shape index (κ2) is 6.37. The van der Waals surface area contributed by atoms with Gasteiger partial charge in [-0.1, -0.05) is 29.8 Å². The van der Waals surface area contributed by atoms with Crippen LogP contribution in [0.15, 0.2) is 40.9 Å². The number of benzene rings is 1. The molecular formula is C15H13BrClNO2. The zero-order chi connectivity index (χ0) is 14.7. The second-order valence-corrected chi connectivity index (χ2v) is 5.75. The van der Waals surface area contributed by atoms with Gasteiger partial charge in [0.1, 0.15) is 5.92 Å². The topological polar surface area (TPSA) is 50.2 Å². The van der Waals surface area contributed by atoms with E-state index in [9.17, 15) is 9.90 Å². The van der Waals surface area contributed by atoms with Crippen LogP contribution in [0.5, 0.6) is 0 Å². The van der Waals surface area contributed by atoms with Crippen molar-refractivity contribution in [3.8, 4) is 0 Å². The average Bonchev–Trinajstić information content (AvgIpc) is 2.41. The highest BCUT2D eigenvalue weighted by atomic mass is 79.9. The summed E-state index contributed by atoms with van der Waals surface area (Å²) >= 11 is 9.46. The highest BCUT2D eigenvalue weighted by molar-refractivity contribution is 9.10. The molecule has 20 heavy (non-hydrogen) atoms. The van der Waals surface area contributed by atoms with Crippen LogP contribution in [-0.2, 0) is 11.2 Å². The molecule has 3 nitrogen and oxygen atoms in total. The van der Waals surface area contributed by atoms with Gasteiger partial charge in [0.25, 0.3) is 0 Å². The summed E-state index contributed by atoms with van der Waals surface area (Å²) in [7, 11) is 0. The monoisotopic (exact) mass is 353 g/mol. The second-order valence-electron chi connectivity index (χ2n) is 4.49. The van der Waals surface area contributed by atoms with Crippen molar-refractivity contribution in [2.45, 2.75) is 19.3 Å². The van der Waals surface area contributed by atoms with Gasteiger partial charge in [0, 0.05) is 9.50 Å². The molecule has 2 rings (SSSR count). The van der Waals surface area contributed by atoms with Crippen LogP contribution < -0.4 is 0 Å². The summed E-state index contributed by atoms with van der Waals surface area (Å²) in [6.07, 6.45) is 0.322. The van der Waals surface area contributed by atoms with Crippen LogP contribution in [0.25, 0.3) is 0 Å². The van der Waals surface area contributed by atoms with Crippen molar-refractivity contribution in [2.75, 3.05) is 0 Å². The highest BCUT2D eigenvalue weighted by Crippen LogP contribution is 2.26. The van der Waals surface area contributed by atoms with Crippen molar-refractivity contribution in [3.63, 3.8) is 0 Å². The van der Waals surface area contributed by atoms with Gasteiger partial charge in [-0.05, 0) is 53.0 Å². The first kappa shape index (κ1) is 15.0. The van der Waals surface area contributed by atoms with E-state index in [0.29, 0.717) is 17.1 Å². The molecule has 0 saturated heterocycles. The first-order chi connectivity index (χ1) is 9.49. The van der Waals surface area contributed by atoms with E-state index in [4.69, 9.17) is 11.6 Å². The molecule has 1 atom stereocenters. The fraction of sp³-hybridized carbons (Fsp3) is 0.200. The van der Waals surface area contributed by atoms with E-state index < -0.39 is 11.9 Å². The minimum Gasteiger partial charge on any atom is -0.481 e. The first-order valence-electron chi connectivity index (χ1n) is 6.08. The predicted molar refractivity (Wildman–Crippen MR) is 82.2 cm³/mol. The Morgan fingerprint density at radius 3 is 2.65 bits per heavy atom. The van der Waals surface area contributed by atoms with Gasteiger partial charge >= 0.3 is 5.97 Å². The van der Waals surface area contributed by atoms with Crippen molar-refractivity contribution in [1.82, 2.24) is 4.98 Å². The molecule has 0 bridgehead atoms. The lowest BCUT2D eigenvalue weighted by Crippen LogP contribution is -2.16. The van der Waals surface area contributed by atoms with Gasteiger partial charge in [-0.25, -0.2) is 0 Å². The fourth-order valence-electron chi connectivity index (χ4n) is 1.96. The van der Waals surface area contributed by atoms with E-state index >= 15 is 0 Å². The summed E-state index contributed by atoms with van der Waals surface area (Å²) in [4.78, 5) is 15.9. The Kier molecular flexibility index (Phi) is 4.78. The number of aromatic nitrogens is 1. The van der Waals surface area contributed by atoms with Crippen molar-refractivity contribution in [2.24, 2.45) is 0 Å². The lowest BCUT2D eigenvalue weighted by atomic mass is 9.95. The number of carboxylic acid groups (broad SMARTS) is 1. The molecule has 0 spiro atoms. The Hall–Kier alpha value is -1.39. The van der Waals surface area contributed by atoms with Gasteiger partial charge in [0.15, 0.2) is 0 Å². The van der Waals surface area contributed by atoms with Gasteiger partial charge in [0.05, 0.1) is 11.4 Å². The molecule has 0 saturated carbocycles. The van der Waals surface area contributed by atoms with Crippen molar-refractivity contribution < 1.29 is 9.90 Å². The molecule has 0 aliphatic rings. The Bertz CT molecular complexity index is 646. The van der Waals surface area contributed by atoms with Gasteiger partial charge < -0.3 is 5.11 Å². The fourth-order valence-corrected chi connectivity index (χ4v) is 2.39. The van der Waals surface area contributed by atoms with Crippen LogP contribution in [0.4, 0.5) is 0 Å². The highest BCUT2D eigenvalue weighted by Gasteiger charge is 2.23. The zero-order valence-electron chi connectivity index (χ0n) is 10.8. The van der Waals surface area contributed by atoms with E-state index in [0.717, 1.165) is 15.7 Å². The van der Waals surface area contributed by atoms with Crippen LogP contribution in [0.3, 0.4) is 0 Å². The third-order valence-corrected chi connectivity index (χ3v) is 4.29. The van der Waals surface area contributed by atoms with Crippen LogP contribution in [0.1, 0.15) is 22.9 Å². The molecule has 0 aliphatic heterocycles. The van der Waals surface area contributed by atoms with Gasteiger partial charge in [-0.3, -0.25) is 9.78 Å². The van der Waals surface area contributed by atoms with Crippen molar-refractivity contribution in [3.05, 3.63) is 62.8 Å². The summed E-state index contributed by atoms with van der Waals surface area (Å²) in [6, 6.07) is 10.8. The summed E-state index contributed by atoms with van der Waals surface area (Å²) in [5, 5.41) is 10.0. The molecule has 0 radical (unpaired) electrons. The molecule has 0 amide bonds. The minimum atomic E-state index is -0.904. The maximum absolute atomic E-state index is 11.5. The summed E-state index contributed by atoms with van der Waals surface area (Å²) < 4.78 is 0.864. The molecule has 1 heterocycles. The molecule has 1 unspecified atom stereocenters. The lowest BCUT2D eigenvalue weighted by molar-refractivity contribution is -0.138. The maximum atomic E-state index is 11.5. The van der Waals surface area contributed by atoms with E-state index in [1.807, 2.05) is 31.2 Å². The summed E-state index contributed by atoms with van der Waals surface area (Å²) in [5.74, 6) is -1.61. The third-order valence-electron chi connectivity index (χ3n) is 3.08. The number of aryl methyl sites for hydroxylation is 1. The smallest absolute Gasteiger partial charge is 0.312 e. The maximum Gasteiger partial charge on any atom is 0.312 e. The summed E-state index contributed by atoms with van der Waals surface area (Å²) in [6.45, 7) is 1.84. The Morgan fingerprint density at radius 1 is 1.35 bits per heavy atom. The molecule has 0 aliphatic carbocycles.